The summed E-state index contributed by atoms with van der Waals surface area (Å²) in [6, 6.07) is 5.65. The van der Waals surface area contributed by atoms with Crippen molar-refractivity contribution < 1.29 is 14.6 Å². The minimum Gasteiger partial charge on any atom is -0.496 e. The van der Waals surface area contributed by atoms with Crippen LogP contribution in [0.25, 0.3) is 0 Å². The molecule has 4 nitrogen and oxygen atoms in total. The van der Waals surface area contributed by atoms with E-state index >= 15 is 0 Å². The summed E-state index contributed by atoms with van der Waals surface area (Å²) in [5, 5.41) is 12.3. The summed E-state index contributed by atoms with van der Waals surface area (Å²) in [7, 11) is 3.48. The van der Waals surface area contributed by atoms with E-state index in [2.05, 4.69) is 5.32 Å². The number of benzene rings is 1. The number of methoxy groups -OCH3 is 1. The van der Waals surface area contributed by atoms with Crippen LogP contribution in [0.2, 0.25) is 0 Å². The Hall–Kier alpha value is -1.55. The average molecular weight is 235 g/mol. The third kappa shape index (κ3) is 2.00. The van der Waals surface area contributed by atoms with Crippen LogP contribution in [0.4, 0.5) is 0 Å². The largest absolute Gasteiger partial charge is 0.496 e. The molecule has 0 aromatic heterocycles. The summed E-state index contributed by atoms with van der Waals surface area (Å²) in [5.41, 5.74) is 1.24. The molecule has 2 N–H and O–H groups in total. The quantitative estimate of drug-likeness (QED) is 0.812. The zero-order valence-electron chi connectivity index (χ0n) is 10.1. The molecular formula is C13H17NO3. The molecule has 1 aliphatic carbocycles. The fourth-order valence-corrected chi connectivity index (χ4v) is 2.16. The predicted molar refractivity (Wildman–Crippen MR) is 64.3 cm³/mol. The summed E-state index contributed by atoms with van der Waals surface area (Å²) in [4.78, 5) is 11.3. The van der Waals surface area contributed by atoms with E-state index in [-0.39, 0.29) is 0 Å². The van der Waals surface area contributed by atoms with Gasteiger partial charge in [-0.1, -0.05) is 6.07 Å². The molecule has 1 aromatic rings. The maximum Gasteiger partial charge on any atom is 0.314 e. The van der Waals surface area contributed by atoms with E-state index in [0.29, 0.717) is 6.54 Å². The van der Waals surface area contributed by atoms with Gasteiger partial charge in [-0.3, -0.25) is 4.79 Å². The first kappa shape index (κ1) is 11.9. The zero-order valence-corrected chi connectivity index (χ0v) is 10.1. The number of hydrogen-bond donors (Lipinski definition) is 2. The van der Waals surface area contributed by atoms with Gasteiger partial charge in [-0.2, -0.15) is 0 Å². The van der Waals surface area contributed by atoms with Crippen molar-refractivity contribution in [2.24, 2.45) is 0 Å². The van der Waals surface area contributed by atoms with Gasteiger partial charge < -0.3 is 15.2 Å². The molecule has 0 heterocycles. The van der Waals surface area contributed by atoms with Crippen LogP contribution < -0.4 is 10.1 Å². The number of rotatable bonds is 5. The highest BCUT2D eigenvalue weighted by Gasteiger charge is 2.51. The van der Waals surface area contributed by atoms with E-state index in [4.69, 9.17) is 4.74 Å². The van der Waals surface area contributed by atoms with Gasteiger partial charge in [-0.25, -0.2) is 0 Å². The maximum absolute atomic E-state index is 11.3. The lowest BCUT2D eigenvalue weighted by Gasteiger charge is -2.14. The van der Waals surface area contributed by atoms with E-state index < -0.39 is 11.4 Å². The van der Waals surface area contributed by atoms with Gasteiger partial charge in [0.25, 0.3) is 0 Å². The molecule has 1 saturated carbocycles. The predicted octanol–water partition coefficient (Wildman–Crippen LogP) is 1.53. The summed E-state index contributed by atoms with van der Waals surface area (Å²) >= 11 is 0. The van der Waals surface area contributed by atoms with Gasteiger partial charge in [0.15, 0.2) is 0 Å². The number of carboxylic acid groups (broad SMARTS) is 1. The highest BCUT2D eigenvalue weighted by Crippen LogP contribution is 2.49. The number of nitrogens with one attached hydrogen (secondary N) is 1. The molecular weight excluding hydrogens is 218 g/mol. The van der Waals surface area contributed by atoms with Gasteiger partial charge in [0.2, 0.25) is 0 Å². The van der Waals surface area contributed by atoms with Crippen LogP contribution in [0.1, 0.15) is 24.0 Å². The summed E-state index contributed by atoms with van der Waals surface area (Å²) in [6.07, 6.45) is 1.46. The molecule has 0 bridgehead atoms. The monoisotopic (exact) mass is 235 g/mol. The Morgan fingerprint density at radius 1 is 1.53 bits per heavy atom. The first-order valence-corrected chi connectivity index (χ1v) is 5.69. The minimum absolute atomic E-state index is 0.644. The average Bonchev–Trinajstić information content (AvgIpc) is 3.10. The standard InChI is InChI=1S/C13H17NO3/c1-14-8-9-7-10(3-4-11(9)17-2)13(5-6-13)12(15)16/h3-4,7,14H,5-6,8H2,1-2H3,(H,15,16). The van der Waals surface area contributed by atoms with E-state index in [1.807, 2.05) is 25.2 Å². The number of ether oxygens (including phenoxy) is 1. The molecule has 0 atom stereocenters. The first-order valence-electron chi connectivity index (χ1n) is 5.69. The van der Waals surface area contributed by atoms with Crippen molar-refractivity contribution in [2.75, 3.05) is 14.2 Å². The summed E-state index contributed by atoms with van der Waals surface area (Å²) in [6.45, 7) is 0.673. The van der Waals surface area contributed by atoms with Crippen LogP contribution in [0.5, 0.6) is 5.75 Å². The second kappa shape index (κ2) is 4.37. The lowest BCUT2D eigenvalue weighted by Crippen LogP contribution is -2.20. The first-order chi connectivity index (χ1) is 8.14. The lowest BCUT2D eigenvalue weighted by molar-refractivity contribution is -0.140. The Balaban J connectivity index is 2.37. The molecule has 0 spiro atoms. The molecule has 0 saturated heterocycles. The molecule has 92 valence electrons. The topological polar surface area (TPSA) is 58.6 Å². The molecule has 1 aliphatic rings. The third-order valence-corrected chi connectivity index (χ3v) is 3.36. The minimum atomic E-state index is -0.724. The Morgan fingerprint density at radius 2 is 2.24 bits per heavy atom. The molecule has 4 heteroatoms. The molecule has 0 amide bonds. The van der Waals surface area contributed by atoms with Crippen molar-refractivity contribution in [2.45, 2.75) is 24.8 Å². The van der Waals surface area contributed by atoms with Crippen molar-refractivity contribution in [1.29, 1.82) is 0 Å². The van der Waals surface area contributed by atoms with Crippen molar-refractivity contribution >= 4 is 5.97 Å². The molecule has 1 fully saturated rings. The molecule has 2 rings (SSSR count). The van der Waals surface area contributed by atoms with Gasteiger partial charge in [-0.05, 0) is 37.6 Å². The Kier molecular flexibility index (Phi) is 3.07. The second-order valence-corrected chi connectivity index (χ2v) is 4.44. The Labute approximate surface area is 101 Å². The highest BCUT2D eigenvalue weighted by molar-refractivity contribution is 5.85. The number of carboxylic acids is 1. The molecule has 1 aromatic carbocycles. The van der Waals surface area contributed by atoms with Gasteiger partial charge in [0.05, 0.1) is 12.5 Å². The van der Waals surface area contributed by atoms with E-state index in [9.17, 15) is 9.90 Å². The number of carbonyl (C=O) groups is 1. The van der Waals surface area contributed by atoms with Gasteiger partial charge in [0, 0.05) is 12.1 Å². The van der Waals surface area contributed by atoms with Crippen molar-refractivity contribution in [3.63, 3.8) is 0 Å². The zero-order chi connectivity index (χ0) is 12.5. The second-order valence-electron chi connectivity index (χ2n) is 4.44. The van der Waals surface area contributed by atoms with Crippen molar-refractivity contribution in [3.8, 4) is 5.75 Å². The normalized spacial score (nSPS) is 16.6. The van der Waals surface area contributed by atoms with Crippen LogP contribution >= 0.6 is 0 Å². The van der Waals surface area contributed by atoms with Crippen LogP contribution in [0, 0.1) is 0 Å². The van der Waals surface area contributed by atoms with E-state index in [1.54, 1.807) is 7.11 Å². The Bertz CT molecular complexity index is 438. The lowest BCUT2D eigenvalue weighted by atomic mass is 9.94. The van der Waals surface area contributed by atoms with Crippen LogP contribution in [0.15, 0.2) is 18.2 Å². The number of aliphatic carboxylic acids is 1. The van der Waals surface area contributed by atoms with Crippen molar-refractivity contribution in [3.05, 3.63) is 29.3 Å². The Morgan fingerprint density at radius 3 is 2.71 bits per heavy atom. The van der Waals surface area contributed by atoms with E-state index in [1.165, 1.54) is 0 Å². The molecule has 0 aliphatic heterocycles. The summed E-state index contributed by atoms with van der Waals surface area (Å²) < 4.78 is 5.26. The molecule has 0 radical (unpaired) electrons. The maximum atomic E-state index is 11.3. The van der Waals surface area contributed by atoms with Gasteiger partial charge in [-0.15, -0.1) is 0 Å². The fraction of sp³-hybridized carbons (Fsp3) is 0.462. The van der Waals surface area contributed by atoms with E-state index in [0.717, 1.165) is 29.7 Å². The van der Waals surface area contributed by atoms with Crippen LogP contribution in [0.3, 0.4) is 0 Å². The number of hydrogen-bond acceptors (Lipinski definition) is 3. The van der Waals surface area contributed by atoms with Crippen LogP contribution in [-0.4, -0.2) is 25.2 Å². The van der Waals surface area contributed by atoms with Gasteiger partial charge >= 0.3 is 5.97 Å². The fourth-order valence-electron chi connectivity index (χ4n) is 2.16. The molecule has 17 heavy (non-hydrogen) atoms. The highest BCUT2D eigenvalue weighted by atomic mass is 16.5. The third-order valence-electron chi connectivity index (χ3n) is 3.36. The smallest absolute Gasteiger partial charge is 0.314 e. The summed E-state index contributed by atoms with van der Waals surface area (Å²) in [5.74, 6) is 0.0716. The molecule has 0 unspecified atom stereocenters. The SMILES string of the molecule is CNCc1cc(C2(C(=O)O)CC2)ccc1OC. The van der Waals surface area contributed by atoms with Crippen molar-refractivity contribution in [1.82, 2.24) is 5.32 Å². The van der Waals surface area contributed by atoms with Crippen LogP contribution in [-0.2, 0) is 16.8 Å². The van der Waals surface area contributed by atoms with Gasteiger partial charge in [0.1, 0.15) is 5.75 Å².